The van der Waals surface area contributed by atoms with Gasteiger partial charge >= 0.3 is 5.97 Å². The molecule has 5 nitrogen and oxygen atoms in total. The number of rotatable bonds is 2. The zero-order valence-electron chi connectivity index (χ0n) is 7.44. The molecule has 0 aliphatic heterocycles. The van der Waals surface area contributed by atoms with Crippen molar-refractivity contribution in [1.29, 1.82) is 5.26 Å². The zero-order chi connectivity index (χ0) is 11.6. The Morgan fingerprint density at radius 3 is 2.67 bits per heavy atom. The monoisotopic (exact) mass is 210 g/mol. The number of aromatic hydroxyl groups is 1. The smallest absolute Gasteiger partial charge is 0.325 e. The van der Waals surface area contributed by atoms with Gasteiger partial charge in [-0.25, -0.2) is 4.39 Å². The van der Waals surface area contributed by atoms with E-state index in [0.717, 1.165) is 12.1 Å². The summed E-state index contributed by atoms with van der Waals surface area (Å²) in [6.07, 6.45) is 0. The maximum absolute atomic E-state index is 12.9. The Morgan fingerprint density at radius 1 is 1.60 bits per heavy atom. The van der Waals surface area contributed by atoms with E-state index < -0.39 is 29.1 Å². The molecule has 6 heteroatoms. The number of carbonyl (C=O) groups is 1. The van der Waals surface area contributed by atoms with E-state index in [2.05, 4.69) is 0 Å². The molecule has 78 valence electrons. The number of carboxylic acid groups (broad SMARTS) is 1. The van der Waals surface area contributed by atoms with Crippen LogP contribution in [0.5, 0.6) is 5.75 Å². The van der Waals surface area contributed by atoms with E-state index in [0.29, 0.717) is 0 Å². The largest absolute Gasteiger partial charge is 0.506 e. The van der Waals surface area contributed by atoms with Gasteiger partial charge in [0.05, 0.1) is 0 Å². The van der Waals surface area contributed by atoms with E-state index in [-0.39, 0.29) is 5.56 Å². The fourth-order valence-electron chi connectivity index (χ4n) is 1.07. The Balaban J connectivity index is 3.35. The van der Waals surface area contributed by atoms with Crippen LogP contribution in [0.25, 0.3) is 0 Å². The summed E-state index contributed by atoms with van der Waals surface area (Å²) in [5, 5.41) is 26.5. The van der Waals surface area contributed by atoms with E-state index in [9.17, 15) is 14.3 Å². The van der Waals surface area contributed by atoms with E-state index in [1.807, 2.05) is 0 Å². The van der Waals surface area contributed by atoms with Crippen LogP contribution >= 0.6 is 0 Å². The number of hydrogen-bond acceptors (Lipinski definition) is 4. The van der Waals surface area contributed by atoms with E-state index in [1.165, 1.54) is 6.07 Å². The molecule has 0 radical (unpaired) electrons. The number of hydrogen-bond donors (Lipinski definition) is 3. The van der Waals surface area contributed by atoms with Crippen LogP contribution in [0, 0.1) is 17.1 Å². The van der Waals surface area contributed by atoms with Gasteiger partial charge in [0, 0.05) is 5.56 Å². The SMILES string of the molecule is N#Cc1c(F)ccc([C@H](N)C(=O)O)c1O. The first-order chi connectivity index (χ1) is 6.99. The Hall–Kier alpha value is -2.13. The van der Waals surface area contributed by atoms with Gasteiger partial charge in [-0.3, -0.25) is 4.79 Å². The third kappa shape index (κ3) is 1.87. The molecule has 15 heavy (non-hydrogen) atoms. The lowest BCUT2D eigenvalue weighted by molar-refractivity contribution is -0.138. The first-order valence-electron chi connectivity index (χ1n) is 3.89. The van der Waals surface area contributed by atoms with Crippen molar-refractivity contribution in [3.8, 4) is 11.8 Å². The van der Waals surface area contributed by atoms with Crippen molar-refractivity contribution in [2.75, 3.05) is 0 Å². The summed E-state index contributed by atoms with van der Waals surface area (Å²) in [4.78, 5) is 10.5. The topological polar surface area (TPSA) is 107 Å². The van der Waals surface area contributed by atoms with Gasteiger partial charge in [-0.15, -0.1) is 0 Å². The standard InChI is InChI=1S/C9H7FN2O3/c10-6-2-1-4(7(12)9(14)15)8(13)5(6)3-11/h1-2,7,13H,12H2,(H,14,15)/t7-/m0/s1. The number of aliphatic carboxylic acids is 1. The molecule has 0 aliphatic carbocycles. The summed E-state index contributed by atoms with van der Waals surface area (Å²) >= 11 is 0. The second-order valence-electron chi connectivity index (χ2n) is 2.79. The van der Waals surface area contributed by atoms with Crippen molar-refractivity contribution in [3.05, 3.63) is 29.1 Å². The van der Waals surface area contributed by atoms with Gasteiger partial charge < -0.3 is 15.9 Å². The lowest BCUT2D eigenvalue weighted by Crippen LogP contribution is -2.21. The highest BCUT2D eigenvalue weighted by molar-refractivity contribution is 5.76. The highest BCUT2D eigenvalue weighted by atomic mass is 19.1. The molecule has 4 N–H and O–H groups in total. The molecule has 0 saturated heterocycles. The number of nitrogens with zero attached hydrogens (tertiary/aromatic N) is 1. The molecule has 0 aliphatic rings. The van der Waals surface area contributed by atoms with Gasteiger partial charge in [-0.2, -0.15) is 5.26 Å². The molecule has 1 atom stereocenters. The van der Waals surface area contributed by atoms with E-state index in [4.69, 9.17) is 16.1 Å². The van der Waals surface area contributed by atoms with Gasteiger partial charge in [0.1, 0.15) is 29.2 Å². The molecule has 0 aromatic heterocycles. The quantitative estimate of drug-likeness (QED) is 0.658. The average molecular weight is 210 g/mol. The van der Waals surface area contributed by atoms with Crippen LogP contribution in [-0.4, -0.2) is 16.2 Å². The van der Waals surface area contributed by atoms with Gasteiger partial charge in [0.15, 0.2) is 0 Å². The minimum Gasteiger partial charge on any atom is -0.506 e. The minimum atomic E-state index is -1.49. The van der Waals surface area contributed by atoms with Crippen molar-refractivity contribution in [3.63, 3.8) is 0 Å². The number of phenolic OH excluding ortho intramolecular Hbond substituents is 1. The molecular formula is C9H7FN2O3. The predicted molar refractivity (Wildman–Crippen MR) is 47.3 cm³/mol. The summed E-state index contributed by atoms with van der Waals surface area (Å²) in [5.74, 6) is -3.02. The molecule has 0 bridgehead atoms. The van der Waals surface area contributed by atoms with Crippen LogP contribution in [0.4, 0.5) is 4.39 Å². The average Bonchev–Trinajstić information content (AvgIpc) is 2.17. The highest BCUT2D eigenvalue weighted by Crippen LogP contribution is 2.28. The Kier molecular flexibility index (Phi) is 2.87. The number of benzene rings is 1. The lowest BCUT2D eigenvalue weighted by Gasteiger charge is -2.09. The second-order valence-corrected chi connectivity index (χ2v) is 2.79. The van der Waals surface area contributed by atoms with Crippen molar-refractivity contribution >= 4 is 5.97 Å². The number of nitriles is 1. The number of nitrogens with two attached hydrogens (primary N) is 1. The number of phenols is 1. The number of carboxylic acids is 1. The Bertz CT molecular complexity index is 453. The predicted octanol–water partition coefficient (Wildman–Crippen LogP) is 0.487. The van der Waals surface area contributed by atoms with E-state index >= 15 is 0 Å². The Morgan fingerprint density at radius 2 is 2.20 bits per heavy atom. The van der Waals surface area contributed by atoms with Crippen LogP contribution in [0.3, 0.4) is 0 Å². The number of halogens is 1. The second kappa shape index (κ2) is 3.94. The van der Waals surface area contributed by atoms with Gasteiger partial charge in [0.25, 0.3) is 0 Å². The van der Waals surface area contributed by atoms with Crippen LogP contribution < -0.4 is 5.73 Å². The maximum atomic E-state index is 12.9. The molecule has 0 fully saturated rings. The van der Waals surface area contributed by atoms with Crippen LogP contribution in [0.1, 0.15) is 17.2 Å². The zero-order valence-corrected chi connectivity index (χ0v) is 7.44. The highest BCUT2D eigenvalue weighted by Gasteiger charge is 2.21. The van der Waals surface area contributed by atoms with Gasteiger partial charge in [-0.1, -0.05) is 6.07 Å². The summed E-state index contributed by atoms with van der Waals surface area (Å²) in [6.45, 7) is 0. The molecule has 1 aromatic carbocycles. The van der Waals surface area contributed by atoms with Crippen LogP contribution in [-0.2, 0) is 4.79 Å². The summed E-state index contributed by atoms with van der Waals surface area (Å²) in [6, 6.07) is 1.85. The first kappa shape index (κ1) is 10.9. The minimum absolute atomic E-state index is 0.194. The van der Waals surface area contributed by atoms with Crippen molar-refractivity contribution in [1.82, 2.24) is 0 Å². The Labute approximate surface area is 84.2 Å². The van der Waals surface area contributed by atoms with Crippen LogP contribution in [0.2, 0.25) is 0 Å². The fraction of sp³-hybridized carbons (Fsp3) is 0.111. The first-order valence-corrected chi connectivity index (χ1v) is 3.89. The summed E-state index contributed by atoms with van der Waals surface area (Å²) < 4.78 is 12.9. The third-order valence-electron chi connectivity index (χ3n) is 1.87. The van der Waals surface area contributed by atoms with Gasteiger partial charge in [-0.05, 0) is 6.07 Å². The molecule has 1 rings (SSSR count). The van der Waals surface area contributed by atoms with Crippen molar-refractivity contribution < 1.29 is 19.4 Å². The van der Waals surface area contributed by atoms with E-state index in [1.54, 1.807) is 0 Å². The molecule has 1 aromatic rings. The van der Waals surface area contributed by atoms with Gasteiger partial charge in [0.2, 0.25) is 0 Å². The fourth-order valence-corrected chi connectivity index (χ4v) is 1.07. The van der Waals surface area contributed by atoms with Crippen LogP contribution in [0.15, 0.2) is 12.1 Å². The molecule has 0 heterocycles. The molecular weight excluding hydrogens is 203 g/mol. The normalized spacial score (nSPS) is 11.8. The molecule has 0 spiro atoms. The van der Waals surface area contributed by atoms with Crippen molar-refractivity contribution in [2.45, 2.75) is 6.04 Å². The van der Waals surface area contributed by atoms with Crippen molar-refractivity contribution in [2.24, 2.45) is 5.73 Å². The molecule has 0 unspecified atom stereocenters. The molecule has 0 amide bonds. The third-order valence-corrected chi connectivity index (χ3v) is 1.87. The summed E-state index contributed by atoms with van der Waals surface area (Å²) in [7, 11) is 0. The lowest BCUT2D eigenvalue weighted by atomic mass is 10.0. The summed E-state index contributed by atoms with van der Waals surface area (Å²) in [5.41, 5.74) is 4.42. The molecule has 0 saturated carbocycles. The maximum Gasteiger partial charge on any atom is 0.325 e.